The van der Waals surface area contributed by atoms with Crippen LogP contribution >= 0.6 is 0 Å². The van der Waals surface area contributed by atoms with Gasteiger partial charge in [-0.1, -0.05) is 6.92 Å². The van der Waals surface area contributed by atoms with Crippen LogP contribution in [-0.4, -0.2) is 52.3 Å². The van der Waals surface area contributed by atoms with Gasteiger partial charge in [0, 0.05) is 17.9 Å². The second-order valence-corrected chi connectivity index (χ2v) is 8.95. The van der Waals surface area contributed by atoms with Gasteiger partial charge in [0.05, 0.1) is 54.4 Å². The zero-order valence-electron chi connectivity index (χ0n) is 15.3. The number of hydrogen-bond acceptors (Lipinski definition) is 7. The molecule has 7 heteroatoms. The number of carbonyl (C=O) groups excluding carboxylic acids is 1. The largest absolute Gasteiger partial charge is 0.472 e. The minimum atomic E-state index is -1.24. The number of furan rings is 1. The molecule has 0 radical (unpaired) electrons. The predicted octanol–water partition coefficient (Wildman–Crippen LogP) is 1.17. The number of cyclic esters (lactones) is 1. The van der Waals surface area contributed by atoms with Crippen molar-refractivity contribution in [3.63, 3.8) is 0 Å². The second kappa shape index (κ2) is 5.56. The first-order chi connectivity index (χ1) is 12.9. The molecule has 27 heavy (non-hydrogen) atoms. The van der Waals surface area contributed by atoms with Gasteiger partial charge >= 0.3 is 5.97 Å². The monoisotopic (exact) mass is 378 g/mol. The predicted molar refractivity (Wildman–Crippen MR) is 91.3 cm³/mol. The minimum absolute atomic E-state index is 0.105. The quantitative estimate of drug-likeness (QED) is 0.663. The van der Waals surface area contributed by atoms with Crippen LogP contribution in [0.4, 0.5) is 0 Å². The number of aliphatic hydroxyl groups excluding tert-OH is 2. The Bertz CT molecular complexity index is 748. The van der Waals surface area contributed by atoms with E-state index in [9.17, 15) is 20.1 Å². The maximum Gasteiger partial charge on any atom is 0.313 e. The Balaban J connectivity index is 1.65. The van der Waals surface area contributed by atoms with E-state index in [-0.39, 0.29) is 31.2 Å². The zero-order valence-corrected chi connectivity index (χ0v) is 15.3. The highest BCUT2D eigenvalue weighted by molar-refractivity contribution is 5.81. The van der Waals surface area contributed by atoms with E-state index in [0.717, 1.165) is 5.56 Å². The molecule has 4 aliphatic rings. The molecule has 2 aliphatic carbocycles. The van der Waals surface area contributed by atoms with Gasteiger partial charge in [0.1, 0.15) is 6.10 Å². The standard InChI is InChI=1S/C20H26O7/c1-11-6-15-20(9-21)16(13(22)2-4-18(20,24)10-26-15)19(11)7-14(27-17(19)23)12-3-5-25-8-12/h3,5,8,11,13-16,21-22,24H,2,4,6-7,9-10H2,1H3/t11-,13+,14+,15+,16+,18-,19+,20+/m0/s1. The Hall–Kier alpha value is -1.41. The molecule has 4 fully saturated rings. The highest BCUT2D eigenvalue weighted by atomic mass is 16.6. The molecule has 3 N–H and O–H groups in total. The number of carbonyl (C=O) groups is 1. The fraction of sp³-hybridized carbons (Fsp3) is 0.750. The Morgan fingerprint density at radius 3 is 2.89 bits per heavy atom. The molecule has 0 bridgehead atoms. The van der Waals surface area contributed by atoms with Gasteiger partial charge < -0.3 is 29.2 Å². The second-order valence-electron chi connectivity index (χ2n) is 8.95. The van der Waals surface area contributed by atoms with Gasteiger partial charge in [0.25, 0.3) is 0 Å². The topological polar surface area (TPSA) is 109 Å². The smallest absolute Gasteiger partial charge is 0.313 e. The Kier molecular flexibility index (Phi) is 3.64. The van der Waals surface area contributed by atoms with E-state index in [1.807, 2.05) is 6.92 Å². The normalized spacial score (nSPS) is 51.4. The summed E-state index contributed by atoms with van der Waals surface area (Å²) in [6, 6.07) is 1.78. The molecule has 3 heterocycles. The molecule has 7 nitrogen and oxygen atoms in total. The lowest BCUT2D eigenvalue weighted by molar-refractivity contribution is -0.243. The van der Waals surface area contributed by atoms with E-state index in [1.54, 1.807) is 18.6 Å². The lowest BCUT2D eigenvalue weighted by atomic mass is 9.42. The van der Waals surface area contributed by atoms with E-state index in [0.29, 0.717) is 25.7 Å². The van der Waals surface area contributed by atoms with E-state index < -0.39 is 34.6 Å². The number of esters is 1. The lowest BCUT2D eigenvalue weighted by Gasteiger charge is -2.62. The number of aliphatic hydroxyl groups is 3. The van der Waals surface area contributed by atoms with Gasteiger partial charge in [-0.05, 0) is 31.2 Å². The fourth-order valence-electron chi connectivity index (χ4n) is 6.75. The third kappa shape index (κ3) is 1.93. The van der Waals surface area contributed by atoms with E-state index in [4.69, 9.17) is 13.9 Å². The summed E-state index contributed by atoms with van der Waals surface area (Å²) in [6.07, 6.45) is 3.15. The number of fused-ring (bicyclic) bond motifs is 1. The maximum absolute atomic E-state index is 13.3. The minimum Gasteiger partial charge on any atom is -0.472 e. The first-order valence-corrected chi connectivity index (χ1v) is 9.75. The third-order valence-corrected chi connectivity index (χ3v) is 8.09. The van der Waals surface area contributed by atoms with Crippen molar-refractivity contribution < 1.29 is 34.0 Å². The molecule has 0 aromatic carbocycles. The SMILES string of the molecule is C[C@H]1C[C@H]2OC[C@@]3(O)CC[C@@H](O)[C@H]([C@@]14C[C@H](c1ccoc1)OC4=O)[C@@]23CO. The summed E-state index contributed by atoms with van der Waals surface area (Å²) in [6.45, 7) is 1.79. The van der Waals surface area contributed by atoms with E-state index in [1.165, 1.54) is 0 Å². The van der Waals surface area contributed by atoms with Crippen LogP contribution in [-0.2, 0) is 14.3 Å². The summed E-state index contributed by atoms with van der Waals surface area (Å²) in [5.41, 5.74) is -2.47. The number of ether oxygens (including phenoxy) is 2. The van der Waals surface area contributed by atoms with Crippen molar-refractivity contribution in [3.05, 3.63) is 24.2 Å². The highest BCUT2D eigenvalue weighted by Gasteiger charge is 2.77. The van der Waals surface area contributed by atoms with Crippen molar-refractivity contribution in [2.24, 2.45) is 22.7 Å². The summed E-state index contributed by atoms with van der Waals surface area (Å²) >= 11 is 0. The van der Waals surface area contributed by atoms with Crippen LogP contribution in [0.1, 0.15) is 44.3 Å². The summed E-state index contributed by atoms with van der Waals surface area (Å²) in [7, 11) is 0. The molecule has 5 rings (SSSR count). The summed E-state index contributed by atoms with van der Waals surface area (Å²) in [4.78, 5) is 13.3. The van der Waals surface area contributed by atoms with Gasteiger partial charge in [0.2, 0.25) is 0 Å². The van der Waals surface area contributed by atoms with Gasteiger partial charge in [-0.15, -0.1) is 0 Å². The van der Waals surface area contributed by atoms with Crippen LogP contribution in [0.5, 0.6) is 0 Å². The molecule has 1 aromatic rings. The molecule has 2 saturated heterocycles. The molecule has 148 valence electrons. The van der Waals surface area contributed by atoms with Crippen molar-refractivity contribution in [3.8, 4) is 0 Å². The molecule has 1 aromatic heterocycles. The third-order valence-electron chi connectivity index (χ3n) is 8.09. The molecular formula is C20H26O7. The van der Waals surface area contributed by atoms with Crippen LogP contribution in [0.15, 0.2) is 23.0 Å². The van der Waals surface area contributed by atoms with Gasteiger partial charge in [-0.25, -0.2) is 0 Å². The lowest BCUT2D eigenvalue weighted by Crippen LogP contribution is -2.71. The van der Waals surface area contributed by atoms with Crippen molar-refractivity contribution in [2.45, 2.75) is 56.5 Å². The molecule has 1 spiro atoms. The molecule has 0 amide bonds. The van der Waals surface area contributed by atoms with Crippen molar-refractivity contribution in [1.29, 1.82) is 0 Å². The summed E-state index contributed by atoms with van der Waals surface area (Å²) in [5, 5.41) is 32.9. The molecular weight excluding hydrogens is 352 g/mol. The summed E-state index contributed by atoms with van der Waals surface area (Å²) < 4.78 is 16.9. The summed E-state index contributed by atoms with van der Waals surface area (Å²) in [5.74, 6) is -1.08. The zero-order chi connectivity index (χ0) is 19.0. The number of rotatable bonds is 2. The van der Waals surface area contributed by atoms with Crippen molar-refractivity contribution >= 4 is 5.97 Å². The van der Waals surface area contributed by atoms with Crippen LogP contribution in [0, 0.1) is 22.7 Å². The molecule has 2 saturated carbocycles. The van der Waals surface area contributed by atoms with Gasteiger partial charge in [-0.2, -0.15) is 0 Å². The van der Waals surface area contributed by atoms with Crippen molar-refractivity contribution in [2.75, 3.05) is 13.2 Å². The Morgan fingerprint density at radius 1 is 1.37 bits per heavy atom. The number of hydrogen-bond donors (Lipinski definition) is 3. The first kappa shape index (κ1) is 17.7. The van der Waals surface area contributed by atoms with E-state index >= 15 is 0 Å². The first-order valence-electron chi connectivity index (χ1n) is 9.75. The maximum atomic E-state index is 13.3. The Labute approximate surface area is 157 Å². The van der Waals surface area contributed by atoms with Crippen LogP contribution in [0.3, 0.4) is 0 Å². The molecule has 0 unspecified atom stereocenters. The molecule has 2 aliphatic heterocycles. The van der Waals surface area contributed by atoms with Crippen LogP contribution in [0.2, 0.25) is 0 Å². The van der Waals surface area contributed by atoms with Crippen LogP contribution in [0.25, 0.3) is 0 Å². The van der Waals surface area contributed by atoms with Crippen LogP contribution < -0.4 is 0 Å². The van der Waals surface area contributed by atoms with Gasteiger partial charge in [-0.3, -0.25) is 4.79 Å². The average Bonchev–Trinajstić information content (AvgIpc) is 3.34. The highest BCUT2D eigenvalue weighted by Crippen LogP contribution is 2.69. The Morgan fingerprint density at radius 2 is 2.19 bits per heavy atom. The van der Waals surface area contributed by atoms with Crippen molar-refractivity contribution in [1.82, 2.24) is 0 Å². The average molecular weight is 378 g/mol. The fourth-order valence-corrected chi connectivity index (χ4v) is 6.75. The van der Waals surface area contributed by atoms with Gasteiger partial charge in [0.15, 0.2) is 0 Å². The molecule has 8 atom stereocenters. The van der Waals surface area contributed by atoms with E-state index in [2.05, 4.69) is 0 Å².